The number of ether oxygens (including phenoxy) is 2. The summed E-state index contributed by atoms with van der Waals surface area (Å²) >= 11 is 0. The molecule has 0 radical (unpaired) electrons. The average Bonchev–Trinajstić information content (AvgIpc) is 3.37. The quantitative estimate of drug-likeness (QED) is 0.348. The molecule has 2 aliphatic rings. The van der Waals surface area contributed by atoms with Crippen LogP contribution in [0.15, 0.2) is 18.2 Å². The summed E-state index contributed by atoms with van der Waals surface area (Å²) in [5.41, 5.74) is -0.984. The van der Waals surface area contributed by atoms with Crippen LogP contribution in [-0.2, 0) is 24.8 Å². The molecule has 0 spiro atoms. The molecule has 3 amide bonds. The Labute approximate surface area is 186 Å². The third-order valence-electron chi connectivity index (χ3n) is 5.33. The first kappa shape index (κ1) is 24.4. The molecule has 1 aliphatic carbocycles. The second-order valence-corrected chi connectivity index (χ2v) is 11.2. The number of nitrogens with one attached hydrogen (secondary N) is 1. The Bertz CT molecular complexity index is 971. The Morgan fingerprint density at radius 2 is 2.00 bits per heavy atom. The van der Waals surface area contributed by atoms with Crippen LogP contribution in [0.3, 0.4) is 0 Å². The molecule has 1 aromatic carbocycles. The molecule has 1 aromatic rings. The molecule has 1 saturated heterocycles. The van der Waals surface area contributed by atoms with E-state index in [4.69, 9.17) is 9.47 Å². The molecule has 1 heterocycles. The standard InChI is InChI=1S/C21H29FN2O7S/c1-20(2,27)12-31-17-10-15(4-5-16(17)22)21(6-7-21)13-32(28,29)9-3-8-30-14-24-11-18(25)23-19(24)26/h4-5,10,27H,3,6-9,11-14H2,1-2H3,(H,23,25,26). The summed E-state index contributed by atoms with van der Waals surface area (Å²) in [6, 6.07) is 3.84. The molecule has 2 N–H and O–H groups in total. The molecule has 0 atom stereocenters. The van der Waals surface area contributed by atoms with Gasteiger partial charge < -0.3 is 14.6 Å². The third kappa shape index (κ3) is 6.63. The van der Waals surface area contributed by atoms with E-state index >= 15 is 0 Å². The molecule has 1 aliphatic heterocycles. The van der Waals surface area contributed by atoms with Gasteiger partial charge in [-0.15, -0.1) is 0 Å². The first-order valence-corrected chi connectivity index (χ1v) is 12.2. The fourth-order valence-corrected chi connectivity index (χ4v) is 5.50. The molecule has 11 heteroatoms. The summed E-state index contributed by atoms with van der Waals surface area (Å²) in [5.74, 6) is -1.11. The zero-order valence-electron chi connectivity index (χ0n) is 18.2. The molecule has 32 heavy (non-hydrogen) atoms. The van der Waals surface area contributed by atoms with Gasteiger partial charge in [-0.05, 0) is 50.8 Å². The van der Waals surface area contributed by atoms with E-state index in [1.54, 1.807) is 19.9 Å². The van der Waals surface area contributed by atoms with E-state index in [1.165, 1.54) is 17.0 Å². The van der Waals surface area contributed by atoms with Gasteiger partial charge in [0.1, 0.15) is 19.9 Å². The fraction of sp³-hybridized carbons (Fsp3) is 0.619. The smallest absolute Gasteiger partial charge is 0.326 e. The van der Waals surface area contributed by atoms with E-state index in [0.29, 0.717) is 18.4 Å². The van der Waals surface area contributed by atoms with Crippen LogP contribution in [0.2, 0.25) is 0 Å². The highest BCUT2D eigenvalue weighted by molar-refractivity contribution is 7.91. The Kier molecular flexibility index (Phi) is 7.11. The number of amides is 3. The Morgan fingerprint density at radius 3 is 2.59 bits per heavy atom. The summed E-state index contributed by atoms with van der Waals surface area (Å²) < 4.78 is 50.2. The van der Waals surface area contributed by atoms with Gasteiger partial charge in [-0.2, -0.15) is 0 Å². The molecule has 0 aromatic heterocycles. The van der Waals surface area contributed by atoms with E-state index in [2.05, 4.69) is 5.32 Å². The van der Waals surface area contributed by atoms with Crippen molar-refractivity contribution in [3.8, 4) is 5.75 Å². The molecule has 9 nitrogen and oxygen atoms in total. The third-order valence-corrected chi connectivity index (χ3v) is 7.24. The number of hydrogen-bond acceptors (Lipinski definition) is 7. The molecular weight excluding hydrogens is 443 g/mol. The van der Waals surface area contributed by atoms with Crippen molar-refractivity contribution in [2.45, 2.75) is 44.1 Å². The maximum atomic E-state index is 14.1. The van der Waals surface area contributed by atoms with Crippen molar-refractivity contribution in [2.24, 2.45) is 0 Å². The molecule has 1 saturated carbocycles. The van der Waals surface area contributed by atoms with E-state index in [9.17, 15) is 27.5 Å². The Balaban J connectivity index is 1.51. The summed E-state index contributed by atoms with van der Waals surface area (Å²) in [5, 5.41) is 11.9. The minimum atomic E-state index is -3.40. The van der Waals surface area contributed by atoms with Crippen LogP contribution in [0.4, 0.5) is 9.18 Å². The predicted octanol–water partition coefficient (Wildman–Crippen LogP) is 1.34. The van der Waals surface area contributed by atoms with E-state index in [0.717, 1.165) is 0 Å². The molecule has 0 bridgehead atoms. The maximum Gasteiger partial charge on any atom is 0.326 e. The minimum absolute atomic E-state index is 0.00821. The lowest BCUT2D eigenvalue weighted by atomic mass is 9.98. The largest absolute Gasteiger partial charge is 0.488 e. The van der Waals surface area contributed by atoms with Gasteiger partial charge in [0, 0.05) is 12.0 Å². The van der Waals surface area contributed by atoms with Crippen molar-refractivity contribution in [1.29, 1.82) is 0 Å². The van der Waals surface area contributed by atoms with Crippen molar-refractivity contribution in [1.82, 2.24) is 10.2 Å². The van der Waals surface area contributed by atoms with Gasteiger partial charge in [-0.25, -0.2) is 17.6 Å². The van der Waals surface area contributed by atoms with Crippen LogP contribution in [-0.4, -0.2) is 74.0 Å². The monoisotopic (exact) mass is 472 g/mol. The second-order valence-electron chi connectivity index (χ2n) is 9.06. The van der Waals surface area contributed by atoms with Crippen LogP contribution < -0.4 is 10.1 Å². The Morgan fingerprint density at radius 1 is 1.28 bits per heavy atom. The molecule has 178 valence electrons. The van der Waals surface area contributed by atoms with E-state index < -0.39 is 38.6 Å². The highest BCUT2D eigenvalue weighted by Crippen LogP contribution is 2.50. The van der Waals surface area contributed by atoms with Crippen LogP contribution in [0.25, 0.3) is 0 Å². The van der Waals surface area contributed by atoms with Gasteiger partial charge in [0.2, 0.25) is 5.91 Å². The number of halogens is 1. The average molecular weight is 473 g/mol. The van der Waals surface area contributed by atoms with Crippen molar-refractivity contribution in [3.63, 3.8) is 0 Å². The highest BCUT2D eigenvalue weighted by Gasteiger charge is 2.47. The zero-order chi connectivity index (χ0) is 23.6. The maximum absolute atomic E-state index is 14.1. The molecule has 2 fully saturated rings. The zero-order valence-corrected chi connectivity index (χ0v) is 19.0. The normalized spacial score (nSPS) is 18.1. The second kappa shape index (κ2) is 9.32. The van der Waals surface area contributed by atoms with Crippen LogP contribution in [0.5, 0.6) is 5.75 Å². The SMILES string of the molecule is CC(C)(O)COc1cc(C2(CS(=O)(=O)CCCOCN3CC(=O)NC3=O)CC2)ccc1F. The van der Waals surface area contributed by atoms with Gasteiger partial charge in [-0.3, -0.25) is 15.0 Å². The lowest BCUT2D eigenvalue weighted by Gasteiger charge is -2.20. The number of carbonyl (C=O) groups excluding carboxylic acids is 2. The van der Waals surface area contributed by atoms with Gasteiger partial charge >= 0.3 is 6.03 Å². The van der Waals surface area contributed by atoms with Crippen molar-refractivity contribution in [3.05, 3.63) is 29.6 Å². The van der Waals surface area contributed by atoms with Gasteiger partial charge in [0.05, 0.1) is 17.1 Å². The topological polar surface area (TPSA) is 122 Å². The van der Waals surface area contributed by atoms with E-state index in [-0.39, 0.29) is 50.2 Å². The lowest BCUT2D eigenvalue weighted by Crippen LogP contribution is -2.30. The first-order chi connectivity index (χ1) is 14.9. The van der Waals surface area contributed by atoms with Crippen LogP contribution in [0, 0.1) is 5.82 Å². The van der Waals surface area contributed by atoms with Crippen molar-refractivity contribution >= 4 is 21.8 Å². The highest BCUT2D eigenvalue weighted by atomic mass is 32.2. The number of carbonyl (C=O) groups is 2. The number of sulfone groups is 1. The minimum Gasteiger partial charge on any atom is -0.488 e. The van der Waals surface area contributed by atoms with Crippen LogP contribution in [0.1, 0.15) is 38.7 Å². The lowest BCUT2D eigenvalue weighted by molar-refractivity contribution is -0.118. The number of hydrogen-bond donors (Lipinski definition) is 2. The number of nitrogens with zero attached hydrogens (tertiary/aromatic N) is 1. The van der Waals surface area contributed by atoms with Gasteiger partial charge in [0.25, 0.3) is 0 Å². The van der Waals surface area contributed by atoms with E-state index in [1.807, 2.05) is 0 Å². The summed E-state index contributed by atoms with van der Waals surface area (Å²) in [7, 11) is -3.40. The number of rotatable bonds is 12. The summed E-state index contributed by atoms with van der Waals surface area (Å²) in [6.07, 6.45) is 1.61. The van der Waals surface area contributed by atoms with Crippen molar-refractivity contribution < 1.29 is 37.0 Å². The fourth-order valence-electron chi connectivity index (χ4n) is 3.50. The predicted molar refractivity (Wildman–Crippen MR) is 113 cm³/mol. The Hall–Kier alpha value is -2.24. The summed E-state index contributed by atoms with van der Waals surface area (Å²) in [4.78, 5) is 23.7. The molecule has 3 rings (SSSR count). The number of benzene rings is 1. The molecule has 0 unspecified atom stereocenters. The van der Waals surface area contributed by atoms with Crippen LogP contribution >= 0.6 is 0 Å². The van der Waals surface area contributed by atoms with Crippen molar-refractivity contribution in [2.75, 3.05) is 38.0 Å². The number of aliphatic hydroxyl groups is 1. The van der Waals surface area contributed by atoms with Gasteiger partial charge in [-0.1, -0.05) is 6.07 Å². The summed E-state index contributed by atoms with van der Waals surface area (Å²) in [6.45, 7) is 2.99. The first-order valence-electron chi connectivity index (χ1n) is 10.4. The number of urea groups is 1. The molecular formula is C21H29FN2O7S. The van der Waals surface area contributed by atoms with Gasteiger partial charge in [0.15, 0.2) is 21.4 Å². The number of imide groups is 1.